The van der Waals surface area contributed by atoms with Gasteiger partial charge in [0, 0.05) is 6.17 Å². The number of allylic oxidation sites excluding steroid dienone is 2. The van der Waals surface area contributed by atoms with Crippen LogP contribution in [-0.4, -0.2) is 23.2 Å². The minimum atomic E-state index is -0.609. The van der Waals surface area contributed by atoms with Gasteiger partial charge in [-0.25, -0.2) is 28.1 Å². The van der Waals surface area contributed by atoms with Gasteiger partial charge in [-0.1, -0.05) is 50.8 Å². The van der Waals surface area contributed by atoms with Crippen molar-refractivity contribution in [2.45, 2.75) is 57.9 Å². The zero-order valence-electron chi connectivity index (χ0n) is 13.8. The number of aromatic nitrogens is 3. The molecule has 0 saturated carbocycles. The second-order valence-electron chi connectivity index (χ2n) is 5.29. The van der Waals surface area contributed by atoms with Crippen LogP contribution in [0.3, 0.4) is 0 Å². The Balaban J connectivity index is 3.03. The lowest BCUT2D eigenvalue weighted by atomic mass is 10.2. The Hall–Kier alpha value is -1.89. The largest absolute Gasteiger partial charge is 0.336 e. The van der Waals surface area contributed by atoms with Crippen LogP contribution in [0, 0.1) is 0 Å². The van der Waals surface area contributed by atoms with Gasteiger partial charge in [-0.3, -0.25) is 0 Å². The van der Waals surface area contributed by atoms with Crippen molar-refractivity contribution in [3.05, 3.63) is 56.8 Å². The van der Waals surface area contributed by atoms with Gasteiger partial charge in [-0.2, -0.15) is 0 Å². The van der Waals surface area contributed by atoms with Crippen LogP contribution in [0.4, 0.5) is 0 Å². The van der Waals surface area contributed by atoms with Crippen LogP contribution in [0.2, 0.25) is 6.04 Å². The highest BCUT2D eigenvalue weighted by molar-refractivity contribution is 6.33. The smallest absolute Gasteiger partial charge is 0.248 e. The van der Waals surface area contributed by atoms with Gasteiger partial charge in [0.15, 0.2) is 0 Å². The SMILES string of the molecule is C=CCn1c(=O)n(CC=C)c(=O)n(C[Si]CCCCCC)c1=O. The van der Waals surface area contributed by atoms with E-state index in [9.17, 15) is 14.4 Å². The lowest BCUT2D eigenvalue weighted by Gasteiger charge is -2.11. The molecule has 2 radical (unpaired) electrons. The Labute approximate surface area is 138 Å². The summed E-state index contributed by atoms with van der Waals surface area (Å²) < 4.78 is 3.24. The number of rotatable bonds is 11. The molecular weight excluding hydrogens is 310 g/mol. The van der Waals surface area contributed by atoms with E-state index >= 15 is 0 Å². The van der Waals surface area contributed by atoms with E-state index in [1.807, 2.05) is 0 Å². The van der Waals surface area contributed by atoms with E-state index in [2.05, 4.69) is 20.1 Å². The van der Waals surface area contributed by atoms with Crippen LogP contribution in [0.5, 0.6) is 0 Å². The van der Waals surface area contributed by atoms with E-state index in [0.29, 0.717) is 15.7 Å². The van der Waals surface area contributed by atoms with Crippen LogP contribution in [-0.2, 0) is 19.3 Å². The van der Waals surface area contributed by atoms with Crippen LogP contribution < -0.4 is 17.1 Å². The average molecular weight is 335 g/mol. The first-order valence-electron chi connectivity index (χ1n) is 7.95. The maximum absolute atomic E-state index is 12.4. The number of nitrogens with zero attached hydrogens (tertiary/aromatic N) is 3. The van der Waals surface area contributed by atoms with E-state index in [1.54, 1.807) is 0 Å². The summed E-state index contributed by atoms with van der Waals surface area (Å²) in [7, 11) is 0.490. The van der Waals surface area contributed by atoms with Crippen molar-refractivity contribution in [3.8, 4) is 0 Å². The molecule has 7 heteroatoms. The molecule has 0 spiro atoms. The molecule has 0 saturated heterocycles. The molecule has 0 aliphatic heterocycles. The topological polar surface area (TPSA) is 66.0 Å². The molecule has 0 atom stereocenters. The summed E-state index contributed by atoms with van der Waals surface area (Å²) in [4.78, 5) is 36.9. The van der Waals surface area contributed by atoms with Gasteiger partial charge in [0.25, 0.3) is 0 Å². The number of unbranched alkanes of at least 4 members (excludes halogenated alkanes) is 3. The fourth-order valence-corrected chi connectivity index (χ4v) is 3.41. The number of hydrogen-bond acceptors (Lipinski definition) is 3. The predicted octanol–water partition coefficient (Wildman–Crippen LogP) is 1.20. The van der Waals surface area contributed by atoms with Gasteiger partial charge in [0.1, 0.15) is 0 Å². The molecule has 0 bridgehead atoms. The number of hydrogen-bond donors (Lipinski definition) is 0. The zero-order chi connectivity index (χ0) is 17.2. The zero-order valence-corrected chi connectivity index (χ0v) is 14.8. The highest BCUT2D eigenvalue weighted by Crippen LogP contribution is 2.02. The van der Waals surface area contributed by atoms with Crippen molar-refractivity contribution in [1.29, 1.82) is 0 Å². The van der Waals surface area contributed by atoms with Crippen LogP contribution >= 0.6 is 0 Å². The van der Waals surface area contributed by atoms with Gasteiger partial charge < -0.3 is 0 Å². The van der Waals surface area contributed by atoms with E-state index in [4.69, 9.17) is 0 Å². The monoisotopic (exact) mass is 335 g/mol. The Morgan fingerprint density at radius 3 is 1.87 bits per heavy atom. The minimum absolute atomic E-state index is 0.0920. The first kappa shape index (κ1) is 19.2. The normalized spacial score (nSPS) is 10.7. The molecule has 0 unspecified atom stereocenters. The van der Waals surface area contributed by atoms with Gasteiger partial charge >= 0.3 is 17.1 Å². The average Bonchev–Trinajstić information content (AvgIpc) is 2.54. The Morgan fingerprint density at radius 1 is 0.870 bits per heavy atom. The van der Waals surface area contributed by atoms with E-state index < -0.39 is 17.1 Å². The second kappa shape index (κ2) is 9.99. The highest BCUT2D eigenvalue weighted by Gasteiger charge is 2.13. The molecule has 1 aromatic heterocycles. The summed E-state index contributed by atoms with van der Waals surface area (Å²) in [5.74, 6) is 0. The molecule has 1 aromatic rings. The van der Waals surface area contributed by atoms with Crippen LogP contribution in [0.25, 0.3) is 0 Å². The van der Waals surface area contributed by atoms with E-state index in [0.717, 1.165) is 26.2 Å². The van der Waals surface area contributed by atoms with Crippen molar-refractivity contribution in [2.75, 3.05) is 0 Å². The molecule has 0 amide bonds. The molecule has 6 nitrogen and oxygen atoms in total. The molecule has 0 aromatic carbocycles. The van der Waals surface area contributed by atoms with Gasteiger partial charge in [-0.15, -0.1) is 13.2 Å². The third-order valence-electron chi connectivity index (χ3n) is 3.49. The first-order chi connectivity index (χ1) is 11.1. The standard InChI is InChI=1S/C16H25N3O3Si/c1-4-7-8-9-12-23-13-19-15(21)17(10-5-2)14(20)18(11-6-3)16(19)22/h5-6H,2-4,7-13H2,1H3. The lowest BCUT2D eigenvalue weighted by molar-refractivity contribution is 0.509. The maximum Gasteiger partial charge on any atom is 0.336 e. The van der Waals surface area contributed by atoms with Crippen molar-refractivity contribution in [3.63, 3.8) is 0 Å². The Kier molecular flexibility index (Phi) is 8.32. The molecule has 0 aliphatic carbocycles. The molecule has 126 valence electrons. The van der Waals surface area contributed by atoms with Gasteiger partial charge in [0.05, 0.1) is 22.6 Å². The van der Waals surface area contributed by atoms with Crippen LogP contribution in [0.15, 0.2) is 39.7 Å². The lowest BCUT2D eigenvalue weighted by Crippen LogP contribution is -2.54. The fraction of sp³-hybridized carbons (Fsp3) is 0.562. The third-order valence-corrected chi connectivity index (χ3v) is 4.73. The Bertz CT molecular complexity index is 652. The minimum Gasteiger partial charge on any atom is -0.248 e. The molecule has 23 heavy (non-hydrogen) atoms. The van der Waals surface area contributed by atoms with Crippen molar-refractivity contribution < 1.29 is 0 Å². The maximum atomic E-state index is 12.4. The summed E-state index contributed by atoms with van der Waals surface area (Å²) in [6, 6.07) is 0.994. The van der Waals surface area contributed by atoms with Crippen molar-refractivity contribution in [2.24, 2.45) is 0 Å². The molecular formula is C16H25N3O3Si. The van der Waals surface area contributed by atoms with E-state index in [1.165, 1.54) is 31.4 Å². The summed E-state index contributed by atoms with van der Waals surface area (Å²) in [5, 5.41) is 0. The first-order valence-corrected chi connectivity index (χ1v) is 9.36. The molecule has 0 N–H and O–H groups in total. The van der Waals surface area contributed by atoms with Crippen LogP contribution in [0.1, 0.15) is 32.6 Å². The molecule has 1 rings (SSSR count). The molecule has 0 fully saturated rings. The Morgan fingerprint density at radius 2 is 1.39 bits per heavy atom. The molecule has 1 heterocycles. The highest BCUT2D eigenvalue weighted by atomic mass is 28.2. The summed E-state index contributed by atoms with van der Waals surface area (Å²) >= 11 is 0. The predicted molar refractivity (Wildman–Crippen MR) is 94.3 cm³/mol. The third kappa shape index (κ3) is 5.06. The van der Waals surface area contributed by atoms with Gasteiger partial charge in [-0.05, 0) is 0 Å². The summed E-state index contributed by atoms with van der Waals surface area (Å²) in [6.07, 6.45) is 7.98. The van der Waals surface area contributed by atoms with Crippen molar-refractivity contribution in [1.82, 2.24) is 13.7 Å². The summed E-state index contributed by atoms with van der Waals surface area (Å²) in [5.41, 5.74) is -1.72. The van der Waals surface area contributed by atoms with Crippen molar-refractivity contribution >= 4 is 9.52 Å². The molecule has 0 aliphatic rings. The quantitative estimate of drug-likeness (QED) is 0.347. The van der Waals surface area contributed by atoms with E-state index in [-0.39, 0.29) is 13.1 Å². The summed E-state index contributed by atoms with van der Waals surface area (Å²) in [6.45, 7) is 9.46. The fourth-order valence-electron chi connectivity index (χ4n) is 2.26. The second-order valence-corrected chi connectivity index (χ2v) is 6.61. The van der Waals surface area contributed by atoms with Gasteiger partial charge in [0.2, 0.25) is 0 Å².